The molecule has 2 heterocycles. The van der Waals surface area contributed by atoms with Gasteiger partial charge in [-0.25, -0.2) is 4.79 Å². The Balaban J connectivity index is 1.13. The number of nitrogens with one attached hydrogen (secondary N) is 1. The number of hydrogen-bond donors (Lipinski definition) is 2. The molecular weight excluding hydrogens is 518 g/mol. The number of carboxylic acid groups (broad SMARTS) is 1. The number of benzene rings is 4. The van der Waals surface area contributed by atoms with Crippen molar-refractivity contribution in [1.82, 2.24) is 9.55 Å². The number of aliphatic carboxylic acids is 1. The first-order valence-electron chi connectivity index (χ1n) is 13.0. The maximum atomic E-state index is 13.1. The number of aromatic nitrogens is 2. The highest BCUT2D eigenvalue weighted by atomic mass is 16.5. The Morgan fingerprint density at radius 1 is 0.854 bits per heavy atom. The van der Waals surface area contributed by atoms with Crippen LogP contribution in [0.4, 0.5) is 5.69 Å². The predicted molar refractivity (Wildman–Crippen MR) is 155 cm³/mol. The van der Waals surface area contributed by atoms with E-state index < -0.39 is 12.0 Å². The summed E-state index contributed by atoms with van der Waals surface area (Å²) >= 11 is 0. The molecule has 1 atom stereocenters. The molecule has 0 saturated heterocycles. The Labute approximate surface area is 235 Å². The number of nitrogens with zero attached hydrogens (tertiary/aromatic N) is 2. The number of ether oxygens (including phenoxy) is 1. The number of oxazole rings is 1. The van der Waals surface area contributed by atoms with E-state index in [0.29, 0.717) is 39.9 Å². The Morgan fingerprint density at radius 3 is 2.37 bits per heavy atom. The molecule has 0 aliphatic rings. The van der Waals surface area contributed by atoms with Gasteiger partial charge in [0.15, 0.2) is 11.4 Å². The van der Waals surface area contributed by atoms with Crippen LogP contribution < -0.4 is 10.1 Å². The van der Waals surface area contributed by atoms with E-state index >= 15 is 0 Å². The first-order chi connectivity index (χ1) is 20.0. The third-order valence-corrected chi connectivity index (χ3v) is 6.60. The van der Waals surface area contributed by atoms with Gasteiger partial charge in [-0.15, -0.1) is 0 Å². The SMILES string of the molecule is O=C(c1ccccc1)c1ccccc1NC(Cc1ccc(Oc2ccn(-c3nc4ccccc4o3)c2)cc1)C(=O)O. The van der Waals surface area contributed by atoms with Crippen molar-refractivity contribution in [3.8, 4) is 17.5 Å². The van der Waals surface area contributed by atoms with Crippen molar-refractivity contribution < 1.29 is 23.8 Å². The molecule has 0 saturated carbocycles. The summed E-state index contributed by atoms with van der Waals surface area (Å²) in [4.78, 5) is 29.7. The van der Waals surface area contributed by atoms with Crippen molar-refractivity contribution in [3.05, 3.63) is 138 Å². The average Bonchev–Trinajstić information content (AvgIpc) is 3.65. The van der Waals surface area contributed by atoms with E-state index in [0.717, 1.165) is 11.1 Å². The lowest BCUT2D eigenvalue weighted by Crippen LogP contribution is -2.32. The van der Waals surface area contributed by atoms with Crippen LogP contribution in [0.25, 0.3) is 17.1 Å². The zero-order valence-electron chi connectivity index (χ0n) is 21.8. The second-order valence-electron chi connectivity index (χ2n) is 9.44. The van der Waals surface area contributed by atoms with Gasteiger partial charge < -0.3 is 19.6 Å². The summed E-state index contributed by atoms with van der Waals surface area (Å²) in [5.74, 6) is 0.00424. The molecule has 0 spiro atoms. The number of carbonyl (C=O) groups excluding carboxylic acids is 1. The lowest BCUT2D eigenvalue weighted by molar-refractivity contribution is -0.137. The fraction of sp³-hybridized carbons (Fsp3) is 0.0606. The Hall–Kier alpha value is -5.63. The van der Waals surface area contributed by atoms with Gasteiger partial charge in [0.05, 0.1) is 6.20 Å². The molecular formula is C33H25N3O5. The van der Waals surface area contributed by atoms with Gasteiger partial charge in [0.25, 0.3) is 0 Å². The molecule has 0 aliphatic carbocycles. The minimum Gasteiger partial charge on any atom is -0.480 e. The molecule has 8 nitrogen and oxygen atoms in total. The second-order valence-corrected chi connectivity index (χ2v) is 9.44. The van der Waals surface area contributed by atoms with Crippen molar-refractivity contribution in [2.45, 2.75) is 12.5 Å². The molecule has 0 aliphatic heterocycles. The maximum Gasteiger partial charge on any atom is 0.326 e. The van der Waals surface area contributed by atoms with Crippen LogP contribution in [0.1, 0.15) is 21.5 Å². The van der Waals surface area contributed by atoms with Crippen LogP contribution in [-0.4, -0.2) is 32.5 Å². The van der Waals surface area contributed by atoms with Gasteiger partial charge in [-0.2, -0.15) is 4.98 Å². The van der Waals surface area contributed by atoms with Crippen molar-refractivity contribution in [1.29, 1.82) is 0 Å². The molecule has 8 heteroatoms. The summed E-state index contributed by atoms with van der Waals surface area (Å²) in [5, 5.41) is 13.0. The number of anilines is 1. The first kappa shape index (κ1) is 25.6. The Bertz CT molecular complexity index is 1790. The Kier molecular flexibility index (Phi) is 7.02. The van der Waals surface area contributed by atoms with E-state index in [1.54, 1.807) is 83.7 Å². The van der Waals surface area contributed by atoms with Crippen LogP contribution in [0.15, 0.2) is 126 Å². The number of para-hydroxylation sites is 3. The second kappa shape index (κ2) is 11.2. The maximum absolute atomic E-state index is 13.1. The fourth-order valence-corrected chi connectivity index (χ4v) is 4.53. The minimum atomic E-state index is -1.02. The number of hydrogen-bond acceptors (Lipinski definition) is 6. The molecule has 202 valence electrons. The van der Waals surface area contributed by atoms with Crippen LogP contribution in [-0.2, 0) is 11.2 Å². The normalized spacial score (nSPS) is 11.7. The van der Waals surface area contributed by atoms with Gasteiger partial charge in [0.2, 0.25) is 0 Å². The van der Waals surface area contributed by atoms with E-state index in [1.807, 2.05) is 42.5 Å². The van der Waals surface area contributed by atoms with Gasteiger partial charge in [0.1, 0.15) is 23.1 Å². The van der Waals surface area contributed by atoms with Crippen LogP contribution in [0.5, 0.6) is 11.5 Å². The third-order valence-electron chi connectivity index (χ3n) is 6.60. The number of rotatable bonds is 10. The van der Waals surface area contributed by atoms with Crippen molar-refractivity contribution in [2.24, 2.45) is 0 Å². The summed E-state index contributed by atoms with van der Waals surface area (Å²) in [6.07, 6.45) is 3.78. The number of carbonyl (C=O) groups is 2. The summed E-state index contributed by atoms with van der Waals surface area (Å²) in [5.41, 5.74) is 3.70. The topological polar surface area (TPSA) is 107 Å². The molecule has 0 amide bonds. The Morgan fingerprint density at radius 2 is 1.59 bits per heavy atom. The van der Waals surface area contributed by atoms with Gasteiger partial charge >= 0.3 is 12.0 Å². The van der Waals surface area contributed by atoms with Gasteiger partial charge in [-0.1, -0.05) is 66.7 Å². The highest BCUT2D eigenvalue weighted by Crippen LogP contribution is 2.26. The van der Waals surface area contributed by atoms with Crippen LogP contribution >= 0.6 is 0 Å². The number of ketones is 1. The molecule has 0 fully saturated rings. The average molecular weight is 544 g/mol. The lowest BCUT2D eigenvalue weighted by Gasteiger charge is -2.18. The van der Waals surface area contributed by atoms with E-state index in [4.69, 9.17) is 9.15 Å². The van der Waals surface area contributed by atoms with E-state index in [1.165, 1.54) is 0 Å². The highest BCUT2D eigenvalue weighted by Gasteiger charge is 2.21. The summed E-state index contributed by atoms with van der Waals surface area (Å²) in [6, 6.07) is 31.9. The number of carboxylic acids is 1. The third kappa shape index (κ3) is 5.72. The smallest absolute Gasteiger partial charge is 0.326 e. The first-order valence-corrected chi connectivity index (χ1v) is 13.0. The fourth-order valence-electron chi connectivity index (χ4n) is 4.53. The molecule has 0 bridgehead atoms. The zero-order chi connectivity index (χ0) is 28.2. The van der Waals surface area contributed by atoms with Crippen LogP contribution in [0.2, 0.25) is 0 Å². The number of fused-ring (bicyclic) bond motifs is 1. The largest absolute Gasteiger partial charge is 0.480 e. The molecule has 41 heavy (non-hydrogen) atoms. The molecule has 4 aromatic carbocycles. The van der Waals surface area contributed by atoms with Crippen molar-refractivity contribution in [2.75, 3.05) is 5.32 Å². The highest BCUT2D eigenvalue weighted by molar-refractivity contribution is 6.12. The zero-order valence-corrected chi connectivity index (χ0v) is 21.8. The van der Waals surface area contributed by atoms with E-state index in [-0.39, 0.29) is 12.2 Å². The predicted octanol–water partition coefficient (Wildman–Crippen LogP) is 6.75. The van der Waals surface area contributed by atoms with Gasteiger partial charge in [0, 0.05) is 29.4 Å². The monoisotopic (exact) mass is 543 g/mol. The van der Waals surface area contributed by atoms with Crippen molar-refractivity contribution >= 4 is 28.5 Å². The molecule has 1 unspecified atom stereocenters. The molecule has 2 aromatic heterocycles. The van der Waals surface area contributed by atoms with E-state index in [9.17, 15) is 14.7 Å². The molecule has 0 radical (unpaired) electrons. The van der Waals surface area contributed by atoms with Crippen molar-refractivity contribution in [3.63, 3.8) is 0 Å². The summed E-state index contributed by atoms with van der Waals surface area (Å²) < 4.78 is 13.5. The summed E-state index contributed by atoms with van der Waals surface area (Å²) in [7, 11) is 0. The van der Waals surface area contributed by atoms with Crippen LogP contribution in [0, 0.1) is 0 Å². The standard InChI is InChI=1S/C33H25N3O5/c37-31(23-8-2-1-3-9-23)26-10-4-5-11-27(26)34-29(32(38)39)20-22-14-16-24(17-15-22)40-25-18-19-36(21-25)33-35-28-12-6-7-13-30(28)41-33/h1-19,21,29,34H,20H2,(H,38,39). The molecule has 6 rings (SSSR count). The lowest BCUT2D eigenvalue weighted by atomic mass is 10.00. The molecule has 2 N–H and O–H groups in total. The summed E-state index contributed by atoms with van der Waals surface area (Å²) in [6.45, 7) is 0. The van der Waals surface area contributed by atoms with Gasteiger partial charge in [-0.05, 0) is 48.0 Å². The minimum absolute atomic E-state index is 0.177. The van der Waals surface area contributed by atoms with Crippen LogP contribution in [0.3, 0.4) is 0 Å². The molecule has 6 aromatic rings. The van der Waals surface area contributed by atoms with E-state index in [2.05, 4.69) is 10.3 Å². The van der Waals surface area contributed by atoms with Gasteiger partial charge in [-0.3, -0.25) is 9.36 Å². The quantitative estimate of drug-likeness (QED) is 0.184.